The van der Waals surface area contributed by atoms with Crippen LogP contribution in [0.3, 0.4) is 0 Å². The second-order valence-electron chi connectivity index (χ2n) is 11.3. The summed E-state index contributed by atoms with van der Waals surface area (Å²) in [4.78, 5) is 58.9. The first-order chi connectivity index (χ1) is 21.7. The predicted octanol–water partition coefficient (Wildman–Crippen LogP) is 0.955. The Kier molecular flexibility index (Phi) is 18.1. The second kappa shape index (κ2) is 21.1. The minimum Gasteiger partial charge on any atom is -0.548 e. The minimum absolute atomic E-state index is 0. The number of unbranched alkanes of at least 4 members (excludes halogenated alkanes) is 9. The van der Waals surface area contributed by atoms with Gasteiger partial charge in [-0.3, -0.25) is 14.2 Å². The number of aliphatic carboxylic acids is 1. The van der Waals surface area contributed by atoms with Crippen molar-refractivity contribution in [1.82, 2.24) is 24.0 Å². The molecule has 2 heterocycles. The summed E-state index contributed by atoms with van der Waals surface area (Å²) in [5, 5.41) is 11.4. The number of hydrogen-bond donors (Lipinski definition) is 0. The van der Waals surface area contributed by atoms with Crippen LogP contribution in [0.4, 0.5) is 4.39 Å². The maximum absolute atomic E-state index is 13.4. The van der Waals surface area contributed by atoms with Gasteiger partial charge in [-0.1, -0.05) is 88.6 Å². The molecule has 244 valence electrons. The summed E-state index contributed by atoms with van der Waals surface area (Å²) in [6, 6.07) is 6.03. The Balaban J connectivity index is 0.00000736. The predicted molar refractivity (Wildman–Crippen MR) is 170 cm³/mol. The van der Waals surface area contributed by atoms with Gasteiger partial charge in [-0.25, -0.2) is 14.2 Å². The number of carbonyl (C=O) groups is 2. The van der Waals surface area contributed by atoms with Gasteiger partial charge in [0.2, 0.25) is 5.91 Å². The Morgan fingerprint density at radius 1 is 0.891 bits per heavy atom. The van der Waals surface area contributed by atoms with Crippen molar-refractivity contribution < 1.29 is 48.6 Å². The summed E-state index contributed by atoms with van der Waals surface area (Å²) in [6.45, 7) is 2.14. The largest absolute Gasteiger partial charge is 1.00 e. The summed E-state index contributed by atoms with van der Waals surface area (Å²) in [5.74, 6) is -1.51. The van der Waals surface area contributed by atoms with Crippen LogP contribution in [-0.2, 0) is 34.9 Å². The van der Waals surface area contributed by atoms with E-state index in [1.165, 1.54) is 81.2 Å². The van der Waals surface area contributed by atoms with E-state index >= 15 is 0 Å². The van der Waals surface area contributed by atoms with Crippen molar-refractivity contribution in [3.05, 3.63) is 86.2 Å². The van der Waals surface area contributed by atoms with Crippen LogP contribution in [0.5, 0.6) is 0 Å². The van der Waals surface area contributed by atoms with Crippen LogP contribution >= 0.6 is 11.8 Å². The number of halogens is 1. The summed E-state index contributed by atoms with van der Waals surface area (Å²) in [6.07, 6.45) is 16.3. The molecule has 1 amide bonds. The Morgan fingerprint density at radius 3 is 2.15 bits per heavy atom. The number of nitrogens with zero attached hydrogens (tertiary/aromatic N) is 5. The van der Waals surface area contributed by atoms with Gasteiger partial charge in [-0.2, -0.15) is 4.98 Å². The van der Waals surface area contributed by atoms with E-state index in [9.17, 15) is 28.7 Å². The quantitative estimate of drug-likeness (QED) is 0.0757. The minimum atomic E-state index is -1.44. The van der Waals surface area contributed by atoms with E-state index in [-0.39, 0.29) is 59.8 Å². The third-order valence-corrected chi connectivity index (χ3v) is 8.55. The smallest absolute Gasteiger partial charge is 0.548 e. The summed E-state index contributed by atoms with van der Waals surface area (Å²) in [7, 11) is 1.77. The van der Waals surface area contributed by atoms with Crippen molar-refractivity contribution in [1.29, 1.82) is 0 Å². The first-order valence-electron chi connectivity index (χ1n) is 15.6. The molecule has 0 bridgehead atoms. The Hall–Kier alpha value is -2.80. The summed E-state index contributed by atoms with van der Waals surface area (Å²) < 4.78 is 15.9. The van der Waals surface area contributed by atoms with Crippen molar-refractivity contribution in [2.75, 3.05) is 13.6 Å². The van der Waals surface area contributed by atoms with Crippen molar-refractivity contribution in [3.8, 4) is 0 Å². The molecule has 3 rings (SSSR count). The molecular formula is C33H43FN5NaO5S. The number of thioether (sulfide) groups is 1. The number of rotatable bonds is 20. The molecule has 0 N–H and O–H groups in total. The molecule has 0 spiro atoms. The average molecular weight is 664 g/mol. The first-order valence-corrected chi connectivity index (χ1v) is 16.6. The number of hydrogen-bond acceptors (Lipinski definition) is 8. The van der Waals surface area contributed by atoms with E-state index in [0.29, 0.717) is 23.0 Å². The number of benzene rings is 1. The number of carboxylic acid groups (broad SMARTS) is 1. The number of carboxylic acids is 1. The second-order valence-corrected chi connectivity index (χ2v) is 12.3. The number of likely N-dealkylation sites (N-methyl/N-ethyl adjacent to an activating group) is 1. The first kappa shape index (κ1) is 39.4. The van der Waals surface area contributed by atoms with Gasteiger partial charge < -0.3 is 19.4 Å². The molecule has 46 heavy (non-hydrogen) atoms. The van der Waals surface area contributed by atoms with Crippen LogP contribution in [0.1, 0.15) is 87.8 Å². The van der Waals surface area contributed by atoms with Gasteiger partial charge in [0.05, 0.1) is 12.5 Å². The van der Waals surface area contributed by atoms with Crippen molar-refractivity contribution in [2.45, 2.75) is 102 Å². The maximum atomic E-state index is 13.4. The molecule has 13 heteroatoms. The zero-order valence-corrected chi connectivity index (χ0v) is 30.0. The zero-order valence-electron chi connectivity index (χ0n) is 27.2. The third-order valence-electron chi connectivity index (χ3n) is 7.49. The van der Waals surface area contributed by atoms with E-state index < -0.39 is 23.8 Å². The van der Waals surface area contributed by atoms with Gasteiger partial charge >= 0.3 is 35.2 Å². The van der Waals surface area contributed by atoms with Crippen LogP contribution in [0, 0.1) is 5.82 Å². The SMILES string of the molecule is CCCCCCCCCCCCN(C)C(=O)Cn1cc(Cc2cnc(=O)n(CC(=O)[O-])c2)c(=O)nc1SCc1ccc(F)cc1.[Na+]. The molecule has 0 saturated heterocycles. The number of aromatic nitrogens is 4. The number of amides is 1. The maximum Gasteiger partial charge on any atom is 1.00 e. The summed E-state index contributed by atoms with van der Waals surface area (Å²) in [5.41, 5.74) is 0.250. The van der Waals surface area contributed by atoms with Gasteiger partial charge in [0.15, 0.2) is 5.16 Å². The van der Waals surface area contributed by atoms with E-state index in [4.69, 9.17) is 0 Å². The summed E-state index contributed by atoms with van der Waals surface area (Å²) >= 11 is 1.26. The van der Waals surface area contributed by atoms with Crippen LogP contribution in [-0.4, -0.2) is 49.5 Å². The molecule has 3 aromatic rings. The fraction of sp³-hybridized carbons (Fsp3) is 0.515. The van der Waals surface area contributed by atoms with Gasteiger partial charge in [0.1, 0.15) is 12.4 Å². The van der Waals surface area contributed by atoms with Crippen molar-refractivity contribution in [2.24, 2.45) is 0 Å². The molecule has 10 nitrogen and oxygen atoms in total. The molecule has 0 aliphatic carbocycles. The monoisotopic (exact) mass is 663 g/mol. The Bertz CT molecular complexity index is 1520. The molecule has 0 aliphatic rings. The molecule has 0 aliphatic heterocycles. The molecule has 0 radical (unpaired) electrons. The zero-order chi connectivity index (χ0) is 32.6. The molecule has 1 aromatic carbocycles. The van der Waals surface area contributed by atoms with Gasteiger partial charge in [-0.05, 0) is 29.7 Å². The molecule has 0 fully saturated rings. The fourth-order valence-corrected chi connectivity index (χ4v) is 5.81. The topological polar surface area (TPSA) is 130 Å². The van der Waals surface area contributed by atoms with Gasteiger partial charge in [0.25, 0.3) is 5.56 Å². The number of carbonyl (C=O) groups excluding carboxylic acids is 2. The molecular weight excluding hydrogens is 620 g/mol. The average Bonchev–Trinajstić information content (AvgIpc) is 3.00. The standard InChI is InChI=1S/C33H44FN5O5S.Na/c1-3-4-5-6-7-8-9-10-11-12-17-37(2)29(40)22-39-21-27(18-26-19-35-32(44)38(20-26)23-30(41)42)31(43)36-33(39)45-24-25-13-15-28(34)16-14-25;/h13-16,19-21H,3-12,17-18,22-24H2,1-2H3,(H,41,42);/q;+1/p-1. The van der Waals surface area contributed by atoms with Gasteiger partial charge in [0, 0.05) is 49.9 Å². The van der Waals surface area contributed by atoms with Crippen LogP contribution in [0.2, 0.25) is 0 Å². The van der Waals surface area contributed by atoms with E-state index in [1.807, 2.05) is 0 Å². The van der Waals surface area contributed by atoms with Gasteiger partial charge in [-0.15, -0.1) is 0 Å². The van der Waals surface area contributed by atoms with Crippen LogP contribution in [0.25, 0.3) is 0 Å². The van der Waals surface area contributed by atoms with E-state index in [1.54, 1.807) is 34.8 Å². The normalized spacial score (nSPS) is 10.8. The molecule has 0 saturated carbocycles. The van der Waals surface area contributed by atoms with E-state index in [2.05, 4.69) is 16.9 Å². The Morgan fingerprint density at radius 2 is 1.52 bits per heavy atom. The van der Waals surface area contributed by atoms with E-state index in [0.717, 1.165) is 29.4 Å². The fourth-order valence-electron chi connectivity index (χ4n) is 4.89. The Labute approximate surface area is 296 Å². The van der Waals surface area contributed by atoms with Crippen molar-refractivity contribution in [3.63, 3.8) is 0 Å². The molecule has 0 unspecified atom stereocenters. The van der Waals surface area contributed by atoms with Crippen LogP contribution < -0.4 is 45.9 Å². The third kappa shape index (κ3) is 13.9. The molecule has 0 atom stereocenters. The molecule has 2 aromatic heterocycles. The van der Waals surface area contributed by atoms with Crippen molar-refractivity contribution >= 4 is 23.6 Å². The van der Waals surface area contributed by atoms with Crippen LogP contribution in [0.15, 0.2) is 57.6 Å².